The molecule has 0 fully saturated rings. The fourth-order valence-corrected chi connectivity index (χ4v) is 1.48. The molecule has 0 unspecified atom stereocenters. The largest absolute Gasteiger partial charge is 0.0872 e. The number of hydrogen-bond donors (Lipinski definition) is 0. The second-order valence-electron chi connectivity index (χ2n) is 3.67. The lowest BCUT2D eigenvalue weighted by molar-refractivity contribution is 0.574. The summed E-state index contributed by atoms with van der Waals surface area (Å²) in [6, 6.07) is 0. The number of unbranched alkanes of at least 4 members (excludes halogenated alkanes) is 9. The smallest absolute Gasteiger partial charge is 0.0654 e. The van der Waals surface area contributed by atoms with Gasteiger partial charge in [0.1, 0.15) is 0 Å². The van der Waals surface area contributed by atoms with E-state index in [1.807, 2.05) is 0 Å². The van der Waals surface area contributed by atoms with E-state index >= 15 is 0 Å². The molecule has 0 saturated carbocycles. The van der Waals surface area contributed by atoms with E-state index in [0.29, 0.717) is 0 Å². The number of rotatable bonds is 9. The van der Waals surface area contributed by atoms with E-state index in [2.05, 4.69) is 20.3 Å². The van der Waals surface area contributed by atoms with Gasteiger partial charge in [0.05, 0.1) is 19.8 Å². The van der Waals surface area contributed by atoms with Gasteiger partial charge in [-0.05, 0) is 12.8 Å². The molecule has 0 rings (SSSR count). The second kappa shape index (κ2) is 10.9. The van der Waals surface area contributed by atoms with Gasteiger partial charge in [0, 0.05) is 0 Å². The van der Waals surface area contributed by atoms with E-state index in [9.17, 15) is 0 Å². The molecule has 0 saturated heterocycles. The summed E-state index contributed by atoms with van der Waals surface area (Å²) in [5, 5.41) is 0. The Kier molecular flexibility index (Phi) is 10.8. The van der Waals surface area contributed by atoms with Gasteiger partial charge in [-0.2, -0.15) is 0 Å². The SMILES string of the molecule is C[CH+]CCCCCCCCCC. The molecule has 0 aliphatic heterocycles. The van der Waals surface area contributed by atoms with Crippen molar-refractivity contribution in [2.24, 2.45) is 0 Å². The third-order valence-corrected chi connectivity index (χ3v) is 2.35. The lowest BCUT2D eigenvalue weighted by Crippen LogP contribution is -1.80. The van der Waals surface area contributed by atoms with Gasteiger partial charge in [-0.15, -0.1) is 0 Å². The standard InChI is InChI=1S/C12H25/c1-3-5-7-9-11-12-10-8-6-4-2/h3H,4-12H2,1-2H3/q+1. The Morgan fingerprint density at radius 2 is 1.25 bits per heavy atom. The molecule has 72 valence electrons. The average Bonchev–Trinajstić information content (AvgIpc) is 2.10. The van der Waals surface area contributed by atoms with Crippen LogP contribution in [0.2, 0.25) is 0 Å². The Morgan fingerprint density at radius 3 is 1.75 bits per heavy atom. The molecule has 0 aromatic heterocycles. The molecule has 0 bridgehead atoms. The molecular weight excluding hydrogens is 144 g/mol. The highest BCUT2D eigenvalue weighted by Gasteiger charge is 1.92. The van der Waals surface area contributed by atoms with Crippen LogP contribution in [-0.2, 0) is 0 Å². The molecule has 0 atom stereocenters. The van der Waals surface area contributed by atoms with E-state index in [1.54, 1.807) is 0 Å². The van der Waals surface area contributed by atoms with Crippen molar-refractivity contribution in [1.82, 2.24) is 0 Å². The van der Waals surface area contributed by atoms with Crippen LogP contribution in [-0.4, -0.2) is 0 Å². The Balaban J connectivity index is 2.73. The van der Waals surface area contributed by atoms with Crippen molar-refractivity contribution in [1.29, 1.82) is 0 Å². The molecule has 0 radical (unpaired) electrons. The van der Waals surface area contributed by atoms with Crippen molar-refractivity contribution in [3.63, 3.8) is 0 Å². The van der Waals surface area contributed by atoms with Crippen molar-refractivity contribution in [2.45, 2.75) is 71.6 Å². The predicted molar refractivity (Wildman–Crippen MR) is 57.2 cm³/mol. The molecule has 0 amide bonds. The summed E-state index contributed by atoms with van der Waals surface area (Å²) >= 11 is 0. The van der Waals surface area contributed by atoms with Crippen LogP contribution >= 0.6 is 0 Å². The van der Waals surface area contributed by atoms with Gasteiger partial charge < -0.3 is 0 Å². The maximum atomic E-state index is 2.27. The molecule has 0 heterocycles. The summed E-state index contributed by atoms with van der Waals surface area (Å²) in [5.74, 6) is 0. The van der Waals surface area contributed by atoms with E-state index in [4.69, 9.17) is 0 Å². The van der Waals surface area contributed by atoms with Crippen LogP contribution in [0.1, 0.15) is 71.6 Å². The van der Waals surface area contributed by atoms with Crippen molar-refractivity contribution in [2.75, 3.05) is 0 Å². The number of hydrogen-bond acceptors (Lipinski definition) is 0. The summed E-state index contributed by atoms with van der Waals surface area (Å²) in [6.07, 6.45) is 15.1. The van der Waals surface area contributed by atoms with Crippen molar-refractivity contribution in [3.05, 3.63) is 6.42 Å². The van der Waals surface area contributed by atoms with E-state index in [0.717, 1.165) is 0 Å². The third kappa shape index (κ3) is 9.87. The fraction of sp³-hybridized carbons (Fsp3) is 0.917. The summed E-state index contributed by atoms with van der Waals surface area (Å²) in [7, 11) is 0. The Bertz CT molecular complexity index is 56.4. The van der Waals surface area contributed by atoms with Gasteiger partial charge >= 0.3 is 0 Å². The molecule has 0 heteroatoms. The molecule has 0 aromatic carbocycles. The zero-order valence-corrected chi connectivity index (χ0v) is 8.94. The van der Waals surface area contributed by atoms with Gasteiger partial charge in [-0.25, -0.2) is 0 Å². The van der Waals surface area contributed by atoms with Gasteiger partial charge in [0.25, 0.3) is 0 Å². The van der Waals surface area contributed by atoms with Gasteiger partial charge in [0.2, 0.25) is 0 Å². The third-order valence-electron chi connectivity index (χ3n) is 2.35. The lowest BCUT2D eigenvalue weighted by atomic mass is 10.1. The van der Waals surface area contributed by atoms with Crippen LogP contribution in [0.15, 0.2) is 0 Å². The van der Waals surface area contributed by atoms with Crippen molar-refractivity contribution < 1.29 is 0 Å². The zero-order valence-electron chi connectivity index (χ0n) is 8.94. The monoisotopic (exact) mass is 169 g/mol. The molecular formula is C12H25+. The van der Waals surface area contributed by atoms with Crippen molar-refractivity contribution in [3.8, 4) is 0 Å². The van der Waals surface area contributed by atoms with Gasteiger partial charge in [-0.1, -0.05) is 45.4 Å². The highest BCUT2D eigenvalue weighted by molar-refractivity contribution is 4.55. The van der Waals surface area contributed by atoms with Crippen LogP contribution in [0, 0.1) is 6.42 Å². The molecule has 12 heavy (non-hydrogen) atoms. The quantitative estimate of drug-likeness (QED) is 0.345. The average molecular weight is 169 g/mol. The minimum Gasteiger partial charge on any atom is -0.0654 e. The maximum absolute atomic E-state index is 2.27. The van der Waals surface area contributed by atoms with E-state index in [-0.39, 0.29) is 0 Å². The molecule has 0 aromatic rings. The van der Waals surface area contributed by atoms with Crippen molar-refractivity contribution >= 4 is 0 Å². The highest BCUT2D eigenvalue weighted by atomic mass is 14.0. The Labute approximate surface area is 78.8 Å². The topological polar surface area (TPSA) is 0 Å². The first-order chi connectivity index (χ1) is 5.91. The Hall–Kier alpha value is -0.130. The second-order valence-corrected chi connectivity index (χ2v) is 3.67. The van der Waals surface area contributed by atoms with E-state index in [1.165, 1.54) is 57.8 Å². The van der Waals surface area contributed by atoms with Crippen LogP contribution in [0.5, 0.6) is 0 Å². The predicted octanol–water partition coefficient (Wildman–Crippen LogP) is 4.74. The summed E-state index contributed by atoms with van der Waals surface area (Å²) in [6.45, 7) is 4.43. The highest BCUT2D eigenvalue weighted by Crippen LogP contribution is 2.09. The first-order valence-corrected chi connectivity index (χ1v) is 5.69. The molecule has 0 nitrogen and oxygen atoms in total. The van der Waals surface area contributed by atoms with Gasteiger partial charge in [-0.3, -0.25) is 0 Å². The summed E-state index contributed by atoms with van der Waals surface area (Å²) in [5.41, 5.74) is 0. The van der Waals surface area contributed by atoms with Crippen LogP contribution in [0.3, 0.4) is 0 Å². The minimum absolute atomic E-state index is 1.31. The summed E-state index contributed by atoms with van der Waals surface area (Å²) in [4.78, 5) is 0. The Morgan fingerprint density at radius 1 is 0.750 bits per heavy atom. The minimum atomic E-state index is 1.31. The maximum Gasteiger partial charge on any atom is 0.0872 e. The first kappa shape index (κ1) is 11.9. The van der Waals surface area contributed by atoms with Crippen LogP contribution < -0.4 is 0 Å². The first-order valence-electron chi connectivity index (χ1n) is 5.69. The van der Waals surface area contributed by atoms with E-state index < -0.39 is 0 Å². The summed E-state index contributed by atoms with van der Waals surface area (Å²) < 4.78 is 0. The lowest BCUT2D eigenvalue weighted by Gasteiger charge is -1.98. The van der Waals surface area contributed by atoms with Gasteiger partial charge in [0.15, 0.2) is 0 Å². The molecule has 0 aliphatic carbocycles. The van der Waals surface area contributed by atoms with Crippen LogP contribution in [0.25, 0.3) is 0 Å². The molecule has 0 aliphatic rings. The fourth-order valence-electron chi connectivity index (χ4n) is 1.48. The normalized spacial score (nSPS) is 10.2. The molecule has 0 spiro atoms. The molecule has 0 N–H and O–H groups in total. The van der Waals surface area contributed by atoms with Crippen LogP contribution in [0.4, 0.5) is 0 Å². The zero-order chi connectivity index (χ0) is 9.07.